The van der Waals surface area contributed by atoms with Gasteiger partial charge in [-0.05, 0) is 49.9 Å². The third kappa shape index (κ3) is 3.67. The summed E-state index contributed by atoms with van der Waals surface area (Å²) in [6.45, 7) is 9.69. The minimum Gasteiger partial charge on any atom is -0.329 e. The van der Waals surface area contributed by atoms with Gasteiger partial charge in [-0.15, -0.1) is 0 Å². The Morgan fingerprint density at radius 2 is 1.62 bits per heavy atom. The first-order valence-corrected chi connectivity index (χ1v) is 8.63. The van der Waals surface area contributed by atoms with E-state index in [1.54, 1.807) is 0 Å². The molecular formula is C19H32N2. The van der Waals surface area contributed by atoms with Crippen molar-refractivity contribution in [1.82, 2.24) is 4.90 Å². The van der Waals surface area contributed by atoms with Crippen LogP contribution in [0.3, 0.4) is 0 Å². The van der Waals surface area contributed by atoms with Gasteiger partial charge >= 0.3 is 0 Å². The molecule has 2 N–H and O–H groups in total. The molecule has 118 valence electrons. The SMILES string of the molecule is CCN(Cc1c(C)cccc1C)C1(CN)CCCCCC1. The zero-order chi connectivity index (χ0) is 15.3. The Bertz CT molecular complexity index is 425. The number of benzene rings is 1. The number of nitrogens with two attached hydrogens (primary N) is 1. The molecule has 0 amide bonds. The molecule has 0 aromatic heterocycles. The van der Waals surface area contributed by atoms with Crippen LogP contribution in [-0.4, -0.2) is 23.5 Å². The molecule has 1 aliphatic carbocycles. The molecule has 2 nitrogen and oxygen atoms in total. The van der Waals surface area contributed by atoms with Gasteiger partial charge in [-0.1, -0.05) is 50.8 Å². The highest BCUT2D eigenvalue weighted by Gasteiger charge is 2.35. The number of hydrogen-bond donors (Lipinski definition) is 1. The highest BCUT2D eigenvalue weighted by atomic mass is 15.2. The second-order valence-corrected chi connectivity index (χ2v) is 6.73. The molecule has 0 bridgehead atoms. The summed E-state index contributed by atoms with van der Waals surface area (Å²) < 4.78 is 0. The Balaban J connectivity index is 2.25. The lowest BCUT2D eigenvalue weighted by atomic mass is 9.87. The maximum absolute atomic E-state index is 6.27. The molecule has 0 aliphatic heterocycles. The van der Waals surface area contributed by atoms with E-state index >= 15 is 0 Å². The summed E-state index contributed by atoms with van der Waals surface area (Å²) in [4.78, 5) is 2.66. The van der Waals surface area contributed by atoms with Crippen molar-refractivity contribution < 1.29 is 0 Å². The van der Waals surface area contributed by atoms with Gasteiger partial charge in [0.1, 0.15) is 0 Å². The van der Waals surface area contributed by atoms with Crippen LogP contribution < -0.4 is 5.73 Å². The molecule has 1 aliphatic rings. The molecule has 1 saturated carbocycles. The number of nitrogens with zero attached hydrogens (tertiary/aromatic N) is 1. The molecule has 0 unspecified atom stereocenters. The van der Waals surface area contributed by atoms with Crippen LogP contribution in [0.4, 0.5) is 0 Å². The Morgan fingerprint density at radius 3 is 2.10 bits per heavy atom. The predicted molar refractivity (Wildman–Crippen MR) is 91.5 cm³/mol. The highest BCUT2D eigenvalue weighted by molar-refractivity contribution is 5.33. The summed E-state index contributed by atoms with van der Waals surface area (Å²) in [6, 6.07) is 6.63. The van der Waals surface area contributed by atoms with Gasteiger partial charge in [-0.3, -0.25) is 4.90 Å². The zero-order valence-corrected chi connectivity index (χ0v) is 14.1. The third-order valence-electron chi connectivity index (χ3n) is 5.46. The van der Waals surface area contributed by atoms with Crippen molar-refractivity contribution >= 4 is 0 Å². The topological polar surface area (TPSA) is 29.3 Å². The van der Waals surface area contributed by atoms with Gasteiger partial charge in [0.05, 0.1) is 0 Å². The normalized spacial score (nSPS) is 18.7. The minimum absolute atomic E-state index is 0.222. The van der Waals surface area contributed by atoms with Gasteiger partial charge in [0.25, 0.3) is 0 Å². The van der Waals surface area contributed by atoms with E-state index in [1.165, 1.54) is 55.2 Å². The molecule has 0 heterocycles. The van der Waals surface area contributed by atoms with E-state index in [9.17, 15) is 0 Å². The minimum atomic E-state index is 0.222. The number of hydrogen-bond acceptors (Lipinski definition) is 2. The summed E-state index contributed by atoms with van der Waals surface area (Å²) in [7, 11) is 0. The average molecular weight is 288 g/mol. The van der Waals surface area contributed by atoms with Crippen molar-refractivity contribution in [3.63, 3.8) is 0 Å². The van der Waals surface area contributed by atoms with Gasteiger partial charge in [0.2, 0.25) is 0 Å². The van der Waals surface area contributed by atoms with Crippen LogP contribution >= 0.6 is 0 Å². The second kappa shape index (κ2) is 7.42. The Morgan fingerprint density at radius 1 is 1.05 bits per heavy atom. The van der Waals surface area contributed by atoms with E-state index in [4.69, 9.17) is 5.73 Å². The summed E-state index contributed by atoms with van der Waals surface area (Å²) >= 11 is 0. The summed E-state index contributed by atoms with van der Waals surface area (Å²) in [5.41, 5.74) is 10.8. The van der Waals surface area contributed by atoms with Crippen molar-refractivity contribution in [3.05, 3.63) is 34.9 Å². The molecule has 1 aromatic rings. The van der Waals surface area contributed by atoms with Gasteiger partial charge < -0.3 is 5.73 Å². The van der Waals surface area contributed by atoms with E-state index in [0.717, 1.165) is 19.6 Å². The van der Waals surface area contributed by atoms with Crippen molar-refractivity contribution in [2.75, 3.05) is 13.1 Å². The van der Waals surface area contributed by atoms with Crippen molar-refractivity contribution in [3.8, 4) is 0 Å². The van der Waals surface area contributed by atoms with Crippen LogP contribution in [0, 0.1) is 13.8 Å². The first kappa shape index (κ1) is 16.5. The van der Waals surface area contributed by atoms with E-state index in [2.05, 4.69) is 43.9 Å². The fraction of sp³-hybridized carbons (Fsp3) is 0.684. The molecule has 2 rings (SSSR count). The smallest absolute Gasteiger partial charge is 0.0335 e. The van der Waals surface area contributed by atoms with Crippen LogP contribution in [0.5, 0.6) is 0 Å². The van der Waals surface area contributed by atoms with Crippen molar-refractivity contribution in [2.45, 2.75) is 71.4 Å². The van der Waals surface area contributed by atoms with Gasteiger partial charge in [-0.2, -0.15) is 0 Å². The highest BCUT2D eigenvalue weighted by Crippen LogP contribution is 2.33. The lowest BCUT2D eigenvalue weighted by Crippen LogP contribution is -2.53. The second-order valence-electron chi connectivity index (χ2n) is 6.73. The van der Waals surface area contributed by atoms with Gasteiger partial charge in [0.15, 0.2) is 0 Å². The fourth-order valence-corrected chi connectivity index (χ4v) is 3.94. The van der Waals surface area contributed by atoms with Gasteiger partial charge in [-0.25, -0.2) is 0 Å². The quantitative estimate of drug-likeness (QED) is 0.824. The standard InChI is InChI=1S/C19H32N2/c1-4-21(14-18-16(2)10-9-11-17(18)3)19(15-20)12-7-5-6-8-13-19/h9-11H,4-8,12-15,20H2,1-3H3. The van der Waals surface area contributed by atoms with E-state index < -0.39 is 0 Å². The van der Waals surface area contributed by atoms with Crippen LogP contribution in [0.25, 0.3) is 0 Å². The zero-order valence-electron chi connectivity index (χ0n) is 14.1. The maximum atomic E-state index is 6.27. The lowest BCUT2D eigenvalue weighted by Gasteiger charge is -2.43. The molecule has 1 fully saturated rings. The van der Waals surface area contributed by atoms with E-state index in [1.807, 2.05) is 0 Å². The number of rotatable bonds is 5. The average Bonchev–Trinajstić information content (AvgIpc) is 2.73. The lowest BCUT2D eigenvalue weighted by molar-refractivity contribution is 0.0753. The molecule has 0 atom stereocenters. The number of likely N-dealkylation sites (N-methyl/N-ethyl adjacent to an activating group) is 1. The third-order valence-corrected chi connectivity index (χ3v) is 5.46. The van der Waals surface area contributed by atoms with E-state index in [0.29, 0.717) is 0 Å². The van der Waals surface area contributed by atoms with Crippen LogP contribution in [0.2, 0.25) is 0 Å². The molecular weight excluding hydrogens is 256 g/mol. The maximum Gasteiger partial charge on any atom is 0.0335 e. The summed E-state index contributed by atoms with van der Waals surface area (Å²) in [5, 5.41) is 0. The monoisotopic (exact) mass is 288 g/mol. The molecule has 21 heavy (non-hydrogen) atoms. The van der Waals surface area contributed by atoms with E-state index in [-0.39, 0.29) is 5.54 Å². The Labute approximate surface area is 130 Å². The van der Waals surface area contributed by atoms with Gasteiger partial charge in [0, 0.05) is 18.6 Å². The van der Waals surface area contributed by atoms with Crippen LogP contribution in [-0.2, 0) is 6.54 Å². The first-order chi connectivity index (χ1) is 10.1. The summed E-state index contributed by atoms with van der Waals surface area (Å²) in [6.07, 6.45) is 7.96. The molecule has 0 spiro atoms. The first-order valence-electron chi connectivity index (χ1n) is 8.63. The fourth-order valence-electron chi connectivity index (χ4n) is 3.94. The molecule has 0 saturated heterocycles. The van der Waals surface area contributed by atoms with Crippen LogP contribution in [0.1, 0.15) is 62.1 Å². The Kier molecular flexibility index (Phi) is 5.83. The van der Waals surface area contributed by atoms with Crippen molar-refractivity contribution in [2.24, 2.45) is 5.73 Å². The Hall–Kier alpha value is -0.860. The molecule has 1 aromatic carbocycles. The number of aryl methyl sites for hydroxylation is 2. The van der Waals surface area contributed by atoms with Crippen LogP contribution in [0.15, 0.2) is 18.2 Å². The van der Waals surface area contributed by atoms with Crippen molar-refractivity contribution in [1.29, 1.82) is 0 Å². The largest absolute Gasteiger partial charge is 0.329 e. The molecule has 2 heteroatoms. The molecule has 0 radical (unpaired) electrons. The predicted octanol–water partition coefficient (Wildman–Crippen LogP) is 4.18. The summed E-state index contributed by atoms with van der Waals surface area (Å²) in [5.74, 6) is 0.